The van der Waals surface area contributed by atoms with Gasteiger partial charge in [0.05, 0.1) is 16.0 Å². The highest BCUT2D eigenvalue weighted by Crippen LogP contribution is 2.29. The number of anilines is 1. The number of rotatable bonds is 5. The lowest BCUT2D eigenvalue weighted by atomic mass is 10.1. The van der Waals surface area contributed by atoms with E-state index in [4.69, 9.17) is 0 Å². The van der Waals surface area contributed by atoms with Crippen molar-refractivity contribution in [2.75, 3.05) is 11.9 Å². The molecule has 1 aromatic heterocycles. The Hall–Kier alpha value is -2.43. The highest BCUT2D eigenvalue weighted by Gasteiger charge is 2.14. The molecule has 0 bridgehead atoms. The molecule has 0 radical (unpaired) electrons. The van der Waals surface area contributed by atoms with Crippen molar-refractivity contribution in [2.45, 2.75) is 6.42 Å². The van der Waals surface area contributed by atoms with E-state index in [0.717, 1.165) is 18.7 Å². The second-order valence-electron chi connectivity index (χ2n) is 3.79. The fourth-order valence-electron chi connectivity index (χ4n) is 1.77. The largest absolute Gasteiger partial charge is 0.383 e. The van der Waals surface area contributed by atoms with Crippen LogP contribution in [0, 0.1) is 10.1 Å². The smallest absolute Gasteiger partial charge is 0.278 e. The fourth-order valence-corrected chi connectivity index (χ4v) is 1.77. The summed E-state index contributed by atoms with van der Waals surface area (Å²) in [6, 6.07) is 6.60. The van der Waals surface area contributed by atoms with Gasteiger partial charge < -0.3 is 5.32 Å². The van der Waals surface area contributed by atoms with E-state index in [-0.39, 0.29) is 5.69 Å². The molecule has 0 fully saturated rings. The summed E-state index contributed by atoms with van der Waals surface area (Å²) in [6.45, 7) is 4.38. The lowest BCUT2D eigenvalue weighted by molar-refractivity contribution is -0.383. The maximum absolute atomic E-state index is 10.9. The highest BCUT2D eigenvalue weighted by atomic mass is 16.6. The van der Waals surface area contributed by atoms with E-state index in [1.54, 1.807) is 24.4 Å². The summed E-state index contributed by atoms with van der Waals surface area (Å²) in [5, 5.41) is 14.7. The molecule has 0 unspecified atom stereocenters. The van der Waals surface area contributed by atoms with Crippen molar-refractivity contribution < 1.29 is 4.92 Å². The molecule has 2 rings (SSSR count). The summed E-state index contributed by atoms with van der Waals surface area (Å²) >= 11 is 0. The molecular weight excluding hydrogens is 230 g/mol. The molecule has 0 atom stereocenters. The molecule has 0 aliphatic carbocycles. The molecule has 1 N–H and O–H groups in total. The van der Waals surface area contributed by atoms with Crippen molar-refractivity contribution in [3.8, 4) is 0 Å². The molecule has 18 heavy (non-hydrogen) atoms. The van der Waals surface area contributed by atoms with E-state index in [9.17, 15) is 10.1 Å². The van der Waals surface area contributed by atoms with E-state index >= 15 is 0 Å². The van der Waals surface area contributed by atoms with E-state index < -0.39 is 4.92 Å². The summed E-state index contributed by atoms with van der Waals surface area (Å²) in [5.74, 6) is 0. The number of pyridine rings is 1. The van der Waals surface area contributed by atoms with Crippen LogP contribution in [0.5, 0.6) is 0 Å². The number of nitro benzene ring substituents is 1. The third-order valence-electron chi connectivity index (χ3n) is 2.61. The Balaban J connectivity index is 2.47. The van der Waals surface area contributed by atoms with E-state index in [1.165, 1.54) is 6.07 Å². The van der Waals surface area contributed by atoms with Crippen LogP contribution in [0.15, 0.2) is 43.1 Å². The summed E-state index contributed by atoms with van der Waals surface area (Å²) in [4.78, 5) is 14.7. The van der Waals surface area contributed by atoms with Gasteiger partial charge in [-0.05, 0) is 24.6 Å². The minimum Gasteiger partial charge on any atom is -0.383 e. The van der Waals surface area contributed by atoms with Crippen molar-refractivity contribution in [3.63, 3.8) is 0 Å². The van der Waals surface area contributed by atoms with Crippen LogP contribution in [-0.2, 0) is 0 Å². The number of aromatic nitrogens is 1. The zero-order valence-corrected chi connectivity index (χ0v) is 9.80. The molecule has 0 saturated carbocycles. The molecule has 0 saturated heterocycles. The second-order valence-corrected chi connectivity index (χ2v) is 3.79. The molecule has 5 nitrogen and oxygen atoms in total. The Kier molecular flexibility index (Phi) is 3.52. The van der Waals surface area contributed by atoms with Crippen LogP contribution in [0.25, 0.3) is 10.9 Å². The van der Waals surface area contributed by atoms with Crippen LogP contribution in [0.1, 0.15) is 6.42 Å². The van der Waals surface area contributed by atoms with E-state index in [0.29, 0.717) is 10.9 Å². The van der Waals surface area contributed by atoms with Gasteiger partial charge in [0.15, 0.2) is 0 Å². The topological polar surface area (TPSA) is 68.1 Å². The van der Waals surface area contributed by atoms with Gasteiger partial charge in [0, 0.05) is 18.8 Å². The average Bonchev–Trinajstić information content (AvgIpc) is 2.38. The van der Waals surface area contributed by atoms with Crippen molar-refractivity contribution in [2.24, 2.45) is 0 Å². The van der Waals surface area contributed by atoms with Crippen molar-refractivity contribution in [1.82, 2.24) is 4.98 Å². The Morgan fingerprint density at radius 2 is 2.28 bits per heavy atom. The Morgan fingerprint density at radius 1 is 1.44 bits per heavy atom. The number of nitro groups is 1. The predicted molar refractivity (Wildman–Crippen MR) is 71.7 cm³/mol. The first-order valence-corrected chi connectivity index (χ1v) is 5.61. The Bertz CT molecular complexity index is 596. The summed E-state index contributed by atoms with van der Waals surface area (Å²) in [7, 11) is 0. The first kappa shape index (κ1) is 12.0. The number of hydrogen-bond acceptors (Lipinski definition) is 4. The molecular formula is C13H13N3O2. The van der Waals surface area contributed by atoms with Crippen LogP contribution in [0.4, 0.5) is 11.4 Å². The monoisotopic (exact) mass is 243 g/mol. The van der Waals surface area contributed by atoms with Gasteiger partial charge in [-0.3, -0.25) is 15.1 Å². The first-order chi connectivity index (χ1) is 8.74. The Labute approximate surface area is 104 Å². The molecule has 0 spiro atoms. The molecule has 0 aliphatic heterocycles. The van der Waals surface area contributed by atoms with E-state index in [2.05, 4.69) is 16.9 Å². The van der Waals surface area contributed by atoms with Gasteiger partial charge in [-0.15, -0.1) is 6.58 Å². The van der Waals surface area contributed by atoms with Gasteiger partial charge in [-0.1, -0.05) is 6.08 Å². The van der Waals surface area contributed by atoms with Gasteiger partial charge in [-0.25, -0.2) is 0 Å². The lowest BCUT2D eigenvalue weighted by Gasteiger charge is -2.08. The maximum Gasteiger partial charge on any atom is 0.278 e. The van der Waals surface area contributed by atoms with Crippen LogP contribution < -0.4 is 5.32 Å². The summed E-state index contributed by atoms with van der Waals surface area (Å²) < 4.78 is 0. The summed E-state index contributed by atoms with van der Waals surface area (Å²) in [6.07, 6.45) is 4.27. The molecule has 5 heteroatoms. The van der Waals surface area contributed by atoms with Crippen LogP contribution >= 0.6 is 0 Å². The van der Waals surface area contributed by atoms with Crippen LogP contribution in [0.3, 0.4) is 0 Å². The highest BCUT2D eigenvalue weighted by molar-refractivity contribution is 5.96. The SMILES string of the molecule is C=CCCNc1ccc([N+](=O)[O-])c2cccnc12. The minimum absolute atomic E-state index is 0.0763. The van der Waals surface area contributed by atoms with Crippen molar-refractivity contribution in [3.05, 3.63) is 53.2 Å². The van der Waals surface area contributed by atoms with Crippen LogP contribution in [-0.4, -0.2) is 16.5 Å². The molecule has 1 heterocycles. The maximum atomic E-state index is 10.9. The zero-order valence-electron chi connectivity index (χ0n) is 9.80. The number of nitrogens with one attached hydrogen (secondary N) is 1. The van der Waals surface area contributed by atoms with Gasteiger partial charge in [-0.2, -0.15) is 0 Å². The Morgan fingerprint density at radius 3 is 3.00 bits per heavy atom. The number of benzene rings is 1. The van der Waals surface area contributed by atoms with Crippen molar-refractivity contribution in [1.29, 1.82) is 0 Å². The van der Waals surface area contributed by atoms with Gasteiger partial charge in [0.25, 0.3) is 5.69 Å². The quantitative estimate of drug-likeness (QED) is 0.379. The second kappa shape index (κ2) is 5.27. The average molecular weight is 243 g/mol. The zero-order chi connectivity index (χ0) is 13.0. The van der Waals surface area contributed by atoms with Gasteiger partial charge >= 0.3 is 0 Å². The fraction of sp³-hybridized carbons (Fsp3) is 0.154. The van der Waals surface area contributed by atoms with Gasteiger partial charge in [0.2, 0.25) is 0 Å². The standard InChI is InChI=1S/C13H13N3O2/c1-2-3-8-14-11-6-7-12(16(17)18)10-5-4-9-15-13(10)11/h2,4-7,9,14H,1,3,8H2. The summed E-state index contributed by atoms with van der Waals surface area (Å²) in [5.41, 5.74) is 1.50. The number of non-ortho nitro benzene ring substituents is 1. The molecule has 0 aliphatic rings. The third-order valence-corrected chi connectivity index (χ3v) is 2.61. The number of hydrogen-bond donors (Lipinski definition) is 1. The molecule has 2 aromatic rings. The number of fused-ring (bicyclic) bond motifs is 1. The van der Waals surface area contributed by atoms with Crippen LogP contribution in [0.2, 0.25) is 0 Å². The van der Waals surface area contributed by atoms with E-state index in [1.807, 2.05) is 6.08 Å². The predicted octanol–water partition coefficient (Wildman–Crippen LogP) is 3.13. The molecule has 92 valence electrons. The third kappa shape index (κ3) is 2.29. The first-order valence-electron chi connectivity index (χ1n) is 5.61. The van der Waals surface area contributed by atoms with Crippen molar-refractivity contribution >= 4 is 22.3 Å². The lowest BCUT2D eigenvalue weighted by Crippen LogP contribution is -2.02. The number of nitrogens with zero attached hydrogens (tertiary/aromatic N) is 2. The molecule has 0 amide bonds. The minimum atomic E-state index is -0.391. The normalized spacial score (nSPS) is 10.2. The molecule has 1 aromatic carbocycles. The van der Waals surface area contributed by atoms with Gasteiger partial charge in [0.1, 0.15) is 5.52 Å².